The minimum absolute atomic E-state index is 0.00838. The summed E-state index contributed by atoms with van der Waals surface area (Å²) >= 11 is 18.8. The van der Waals surface area contributed by atoms with Crippen molar-refractivity contribution in [3.05, 3.63) is 93.4 Å². The van der Waals surface area contributed by atoms with Crippen LogP contribution >= 0.6 is 34.8 Å². The molecular formula is C27H28Cl3N3O4S. The van der Waals surface area contributed by atoms with Crippen LogP contribution < -0.4 is 9.62 Å². The maximum Gasteiger partial charge on any atom is 0.264 e. The topological polar surface area (TPSA) is 86.8 Å². The predicted molar refractivity (Wildman–Crippen MR) is 152 cm³/mol. The molecule has 38 heavy (non-hydrogen) atoms. The zero-order valence-corrected chi connectivity index (χ0v) is 24.2. The first-order valence-electron chi connectivity index (χ1n) is 11.8. The number of benzene rings is 3. The molecule has 0 aliphatic heterocycles. The third kappa shape index (κ3) is 7.20. The van der Waals surface area contributed by atoms with Crippen molar-refractivity contribution < 1.29 is 18.0 Å². The number of hydrogen-bond acceptors (Lipinski definition) is 4. The normalized spacial score (nSPS) is 12.2. The van der Waals surface area contributed by atoms with Crippen LogP contribution in [0, 0.1) is 0 Å². The summed E-state index contributed by atoms with van der Waals surface area (Å²) < 4.78 is 28.4. The highest BCUT2D eigenvalue weighted by atomic mass is 35.5. The minimum atomic E-state index is -4.16. The Labute approximate surface area is 238 Å². The van der Waals surface area contributed by atoms with Gasteiger partial charge in [-0.3, -0.25) is 13.9 Å². The molecule has 1 N–H and O–H groups in total. The Morgan fingerprint density at radius 2 is 1.42 bits per heavy atom. The molecule has 1 atom stereocenters. The number of carbonyl (C=O) groups is 2. The molecule has 7 nitrogen and oxygen atoms in total. The zero-order valence-electron chi connectivity index (χ0n) is 21.1. The number of carbonyl (C=O) groups excluding carboxylic acids is 2. The third-order valence-electron chi connectivity index (χ3n) is 5.71. The highest BCUT2D eigenvalue weighted by Gasteiger charge is 2.33. The van der Waals surface area contributed by atoms with E-state index in [9.17, 15) is 18.0 Å². The van der Waals surface area contributed by atoms with Crippen molar-refractivity contribution >= 4 is 62.3 Å². The molecule has 0 bridgehead atoms. The monoisotopic (exact) mass is 595 g/mol. The first kappa shape index (κ1) is 29.8. The molecule has 11 heteroatoms. The van der Waals surface area contributed by atoms with Crippen LogP contribution in [-0.4, -0.2) is 43.8 Å². The van der Waals surface area contributed by atoms with E-state index in [1.807, 2.05) is 0 Å². The second-order valence-corrected chi connectivity index (χ2v) is 12.0. The molecular weight excluding hydrogens is 569 g/mol. The van der Waals surface area contributed by atoms with E-state index in [0.717, 1.165) is 4.31 Å². The van der Waals surface area contributed by atoms with Crippen LogP contribution in [0.3, 0.4) is 0 Å². The summed E-state index contributed by atoms with van der Waals surface area (Å²) in [6.45, 7) is 4.48. The zero-order chi connectivity index (χ0) is 28.0. The van der Waals surface area contributed by atoms with Crippen LogP contribution in [0.5, 0.6) is 0 Å². The third-order valence-corrected chi connectivity index (χ3v) is 8.46. The molecule has 3 rings (SSSR count). The summed E-state index contributed by atoms with van der Waals surface area (Å²) in [5, 5.41) is 3.84. The van der Waals surface area contributed by atoms with Gasteiger partial charge in [-0.2, -0.15) is 0 Å². The van der Waals surface area contributed by atoms with Crippen LogP contribution in [0.25, 0.3) is 0 Å². The van der Waals surface area contributed by atoms with Gasteiger partial charge in [0.15, 0.2) is 0 Å². The average Bonchev–Trinajstić information content (AvgIpc) is 2.87. The Hall–Kier alpha value is -2.78. The van der Waals surface area contributed by atoms with Crippen molar-refractivity contribution in [2.45, 2.75) is 44.3 Å². The van der Waals surface area contributed by atoms with Gasteiger partial charge in [0.2, 0.25) is 11.8 Å². The first-order valence-corrected chi connectivity index (χ1v) is 14.3. The standard InChI is InChI=1S/C27H28Cl3N3O4S/c1-18(2)31-27(35)19(3)32(16-23-24(29)10-7-11-25(23)30)26(34)17-33(21-14-12-20(28)13-15-21)38(36,37)22-8-5-4-6-9-22/h4-15,18-19H,16-17H2,1-3H3,(H,31,35)/t19-/m1/s1. The van der Waals surface area contributed by atoms with Gasteiger partial charge in [-0.15, -0.1) is 0 Å². The van der Waals surface area contributed by atoms with Crippen LogP contribution in [0.2, 0.25) is 15.1 Å². The van der Waals surface area contributed by atoms with E-state index in [-0.39, 0.29) is 23.2 Å². The Morgan fingerprint density at radius 3 is 1.97 bits per heavy atom. The van der Waals surface area contributed by atoms with Crippen LogP contribution in [0.4, 0.5) is 5.69 Å². The number of halogens is 3. The maximum atomic E-state index is 13.9. The summed E-state index contributed by atoms with van der Waals surface area (Å²) in [5.74, 6) is -1.03. The number of nitrogens with one attached hydrogen (secondary N) is 1. The number of rotatable bonds is 10. The van der Waals surface area contributed by atoms with Gasteiger partial charge in [0.1, 0.15) is 12.6 Å². The smallest absolute Gasteiger partial charge is 0.264 e. The lowest BCUT2D eigenvalue weighted by Crippen LogP contribution is -2.52. The molecule has 0 radical (unpaired) electrons. The van der Waals surface area contributed by atoms with E-state index in [1.54, 1.807) is 57.2 Å². The van der Waals surface area contributed by atoms with Gasteiger partial charge in [-0.25, -0.2) is 8.42 Å². The summed E-state index contributed by atoms with van der Waals surface area (Å²) in [5.41, 5.74) is 0.680. The lowest BCUT2D eigenvalue weighted by Gasteiger charge is -2.32. The van der Waals surface area contributed by atoms with Crippen LogP contribution in [-0.2, 0) is 26.2 Å². The van der Waals surface area contributed by atoms with Gasteiger partial charge in [0.25, 0.3) is 10.0 Å². The van der Waals surface area contributed by atoms with Crippen molar-refractivity contribution in [3.8, 4) is 0 Å². The minimum Gasteiger partial charge on any atom is -0.352 e. The fourth-order valence-corrected chi connectivity index (χ4v) is 5.78. The quantitative estimate of drug-likeness (QED) is 0.321. The number of nitrogens with zero attached hydrogens (tertiary/aromatic N) is 2. The second-order valence-electron chi connectivity index (χ2n) is 8.86. The molecule has 0 saturated heterocycles. The molecule has 202 valence electrons. The molecule has 0 saturated carbocycles. The fraction of sp³-hybridized carbons (Fsp3) is 0.259. The highest BCUT2D eigenvalue weighted by molar-refractivity contribution is 7.92. The van der Waals surface area contributed by atoms with E-state index in [0.29, 0.717) is 20.6 Å². The molecule has 3 aromatic carbocycles. The van der Waals surface area contributed by atoms with Crippen molar-refractivity contribution in [2.75, 3.05) is 10.8 Å². The summed E-state index contributed by atoms with van der Waals surface area (Å²) in [6.07, 6.45) is 0. The van der Waals surface area contributed by atoms with E-state index < -0.39 is 34.4 Å². The average molecular weight is 597 g/mol. The number of amides is 2. The lowest BCUT2D eigenvalue weighted by atomic mass is 10.1. The highest BCUT2D eigenvalue weighted by Crippen LogP contribution is 2.28. The SMILES string of the molecule is CC(C)NC(=O)[C@@H](C)N(Cc1c(Cl)cccc1Cl)C(=O)CN(c1ccc(Cl)cc1)S(=O)(=O)c1ccccc1. The molecule has 0 unspecified atom stereocenters. The molecule has 0 heterocycles. The van der Waals surface area contributed by atoms with Crippen molar-refractivity contribution in [1.29, 1.82) is 0 Å². The first-order chi connectivity index (χ1) is 17.9. The fourth-order valence-electron chi connectivity index (χ4n) is 3.70. The Morgan fingerprint density at radius 1 is 0.842 bits per heavy atom. The van der Waals surface area contributed by atoms with Gasteiger partial charge < -0.3 is 10.2 Å². The van der Waals surface area contributed by atoms with Crippen molar-refractivity contribution in [2.24, 2.45) is 0 Å². The Kier molecular flexibility index (Phi) is 10.1. The predicted octanol–water partition coefficient (Wildman–Crippen LogP) is 5.78. The molecule has 0 aliphatic carbocycles. The van der Waals surface area contributed by atoms with Crippen molar-refractivity contribution in [1.82, 2.24) is 10.2 Å². The van der Waals surface area contributed by atoms with E-state index in [1.165, 1.54) is 41.3 Å². The number of hydrogen-bond donors (Lipinski definition) is 1. The molecule has 0 fully saturated rings. The van der Waals surface area contributed by atoms with Gasteiger partial charge in [0, 0.05) is 33.2 Å². The molecule has 0 aromatic heterocycles. The van der Waals surface area contributed by atoms with Gasteiger partial charge in [-0.1, -0.05) is 59.1 Å². The molecule has 0 aliphatic rings. The van der Waals surface area contributed by atoms with Gasteiger partial charge in [-0.05, 0) is 69.3 Å². The number of anilines is 1. The number of sulfonamides is 1. The van der Waals surface area contributed by atoms with Crippen LogP contribution in [0.15, 0.2) is 77.7 Å². The Balaban J connectivity index is 2.05. The van der Waals surface area contributed by atoms with Gasteiger partial charge in [0.05, 0.1) is 10.6 Å². The lowest BCUT2D eigenvalue weighted by molar-refractivity contribution is -0.139. The molecule has 0 spiro atoms. The molecule has 2 amide bonds. The van der Waals surface area contributed by atoms with E-state index in [4.69, 9.17) is 34.8 Å². The van der Waals surface area contributed by atoms with Crippen LogP contribution in [0.1, 0.15) is 26.3 Å². The van der Waals surface area contributed by atoms with Crippen molar-refractivity contribution in [3.63, 3.8) is 0 Å². The van der Waals surface area contributed by atoms with Gasteiger partial charge >= 0.3 is 0 Å². The second kappa shape index (κ2) is 12.8. The summed E-state index contributed by atoms with van der Waals surface area (Å²) in [4.78, 5) is 28.1. The largest absolute Gasteiger partial charge is 0.352 e. The summed E-state index contributed by atoms with van der Waals surface area (Å²) in [6, 6.07) is 17.7. The van der Waals surface area contributed by atoms with E-state index >= 15 is 0 Å². The molecule has 3 aromatic rings. The van der Waals surface area contributed by atoms with E-state index in [2.05, 4.69) is 5.32 Å². The summed E-state index contributed by atoms with van der Waals surface area (Å²) in [7, 11) is -4.16. The maximum absolute atomic E-state index is 13.9. The Bertz CT molecular complexity index is 1360.